The van der Waals surface area contributed by atoms with E-state index in [0.717, 1.165) is 35.2 Å². The highest BCUT2D eigenvalue weighted by Crippen LogP contribution is 2.46. The fourth-order valence-corrected chi connectivity index (χ4v) is 4.80. The van der Waals surface area contributed by atoms with Crippen molar-refractivity contribution in [1.29, 1.82) is 0 Å². The van der Waals surface area contributed by atoms with Crippen molar-refractivity contribution in [3.8, 4) is 17.1 Å². The van der Waals surface area contributed by atoms with Crippen molar-refractivity contribution in [1.82, 2.24) is 14.8 Å². The summed E-state index contributed by atoms with van der Waals surface area (Å²) in [6.45, 7) is 6.42. The number of nitrogens with one attached hydrogen (secondary N) is 1. The van der Waals surface area contributed by atoms with E-state index in [4.69, 9.17) is 14.8 Å². The van der Waals surface area contributed by atoms with Crippen LogP contribution in [-0.4, -0.2) is 27.7 Å². The van der Waals surface area contributed by atoms with Crippen molar-refractivity contribution in [2.75, 3.05) is 12.4 Å². The minimum atomic E-state index is -0.299. The number of anilines is 1. The fourth-order valence-electron chi connectivity index (χ4n) is 4.80. The lowest BCUT2D eigenvalue weighted by Crippen LogP contribution is -2.36. The van der Waals surface area contributed by atoms with Gasteiger partial charge in [-0.05, 0) is 41.5 Å². The number of methoxy groups -OCH3 is 1. The first-order valence-electron chi connectivity index (χ1n) is 11.1. The summed E-state index contributed by atoms with van der Waals surface area (Å²) in [5, 5.41) is 8.31. The molecule has 3 aromatic rings. The molecular weight excluding hydrogens is 400 g/mol. The lowest BCUT2D eigenvalue weighted by molar-refractivity contribution is -0.118. The van der Waals surface area contributed by atoms with Gasteiger partial charge in [-0.25, -0.2) is 4.68 Å². The second-order valence-electron chi connectivity index (χ2n) is 9.36. The summed E-state index contributed by atoms with van der Waals surface area (Å²) >= 11 is 0. The molecule has 0 fully saturated rings. The number of benzene rings is 2. The van der Waals surface area contributed by atoms with Gasteiger partial charge in [0.05, 0.1) is 12.7 Å². The van der Waals surface area contributed by atoms with E-state index in [0.29, 0.717) is 23.9 Å². The number of fused-ring (bicyclic) bond motifs is 1. The van der Waals surface area contributed by atoms with Crippen molar-refractivity contribution in [3.63, 3.8) is 0 Å². The van der Waals surface area contributed by atoms with E-state index in [2.05, 4.69) is 50.4 Å². The number of rotatable bonds is 4. The van der Waals surface area contributed by atoms with Gasteiger partial charge < -0.3 is 10.1 Å². The number of aromatic nitrogens is 3. The number of carbonyl (C=O) groups is 1. The van der Waals surface area contributed by atoms with Gasteiger partial charge in [0, 0.05) is 17.7 Å². The second kappa shape index (κ2) is 7.62. The summed E-state index contributed by atoms with van der Waals surface area (Å²) in [5.74, 6) is 2.12. The van der Waals surface area contributed by atoms with E-state index in [-0.39, 0.29) is 17.2 Å². The van der Waals surface area contributed by atoms with Crippen LogP contribution in [0, 0.1) is 5.41 Å². The summed E-state index contributed by atoms with van der Waals surface area (Å²) in [5.41, 5.74) is 4.81. The van der Waals surface area contributed by atoms with Crippen molar-refractivity contribution in [2.24, 2.45) is 5.41 Å². The van der Waals surface area contributed by atoms with Crippen molar-refractivity contribution < 1.29 is 9.53 Å². The van der Waals surface area contributed by atoms with Crippen molar-refractivity contribution >= 4 is 11.7 Å². The van der Waals surface area contributed by atoms with Gasteiger partial charge in [0.15, 0.2) is 11.6 Å². The van der Waals surface area contributed by atoms with Crippen LogP contribution in [0.2, 0.25) is 0 Å². The normalized spacial score (nSPS) is 19.2. The molecule has 1 N–H and O–H groups in total. The van der Waals surface area contributed by atoms with E-state index in [9.17, 15) is 4.79 Å². The summed E-state index contributed by atoms with van der Waals surface area (Å²) < 4.78 is 7.39. The van der Waals surface area contributed by atoms with Crippen LogP contribution in [0.25, 0.3) is 11.4 Å². The molecule has 164 valence electrons. The third kappa shape index (κ3) is 3.40. The molecule has 32 heavy (non-hydrogen) atoms. The number of allylic oxidation sites excluding steroid dienone is 2. The molecule has 5 rings (SSSR count). The van der Waals surface area contributed by atoms with E-state index in [1.165, 1.54) is 5.56 Å². The van der Waals surface area contributed by atoms with Crippen LogP contribution < -0.4 is 10.1 Å². The van der Waals surface area contributed by atoms with Gasteiger partial charge in [0.25, 0.3) is 0 Å². The van der Waals surface area contributed by atoms with Crippen LogP contribution in [0.3, 0.4) is 0 Å². The smallest absolute Gasteiger partial charge is 0.226 e. The number of carbonyl (C=O) groups excluding carboxylic acids is 1. The molecule has 0 amide bonds. The zero-order valence-electron chi connectivity index (χ0n) is 19.0. The quantitative estimate of drug-likeness (QED) is 0.621. The first-order valence-corrected chi connectivity index (χ1v) is 11.1. The maximum absolute atomic E-state index is 13.4. The maximum Gasteiger partial charge on any atom is 0.226 e. The topological polar surface area (TPSA) is 69.0 Å². The molecule has 6 nitrogen and oxygen atoms in total. The zero-order valence-corrected chi connectivity index (χ0v) is 19.0. The molecule has 1 unspecified atom stereocenters. The highest BCUT2D eigenvalue weighted by molar-refractivity contribution is 6.00. The second-order valence-corrected chi connectivity index (χ2v) is 9.36. The lowest BCUT2D eigenvalue weighted by atomic mass is 9.73. The number of para-hydroxylation sites is 1. The predicted molar refractivity (Wildman–Crippen MR) is 125 cm³/mol. The monoisotopic (exact) mass is 428 g/mol. The molecule has 1 aliphatic heterocycles. The molecule has 0 saturated carbocycles. The summed E-state index contributed by atoms with van der Waals surface area (Å²) in [6, 6.07) is 15.9. The molecule has 6 heteroatoms. The SMILES string of the molecule is CCc1ccc(C2C3=C(CC(C)(C)CC3=O)Nc3nc(-c4ccccc4OC)nn32)cc1. The van der Waals surface area contributed by atoms with Crippen molar-refractivity contribution in [2.45, 2.75) is 46.1 Å². The van der Waals surface area contributed by atoms with E-state index in [1.807, 2.05) is 28.9 Å². The standard InChI is InChI=1S/C26H28N4O2/c1-5-16-10-12-17(13-11-16)23-22-19(14-26(2,3)15-20(22)31)27-25-28-24(29-30(23)25)18-8-6-7-9-21(18)32-4/h6-13,23H,5,14-15H2,1-4H3,(H,27,28,29). The highest BCUT2D eigenvalue weighted by atomic mass is 16.5. The number of ether oxygens (including phenoxy) is 1. The lowest BCUT2D eigenvalue weighted by Gasteiger charge is -2.38. The molecule has 0 radical (unpaired) electrons. The van der Waals surface area contributed by atoms with Gasteiger partial charge >= 0.3 is 0 Å². The van der Waals surface area contributed by atoms with E-state index >= 15 is 0 Å². The minimum Gasteiger partial charge on any atom is -0.496 e. The number of hydrogen-bond acceptors (Lipinski definition) is 5. The molecule has 0 saturated heterocycles. The Bertz CT molecular complexity index is 1220. The summed E-state index contributed by atoms with van der Waals surface area (Å²) in [6.07, 6.45) is 2.30. The van der Waals surface area contributed by atoms with E-state index in [1.54, 1.807) is 7.11 Å². The minimum absolute atomic E-state index is 0.0901. The van der Waals surface area contributed by atoms with Gasteiger partial charge in [0.1, 0.15) is 11.8 Å². The summed E-state index contributed by atoms with van der Waals surface area (Å²) in [4.78, 5) is 18.2. The third-order valence-corrected chi connectivity index (χ3v) is 6.38. The highest BCUT2D eigenvalue weighted by Gasteiger charge is 2.42. The van der Waals surface area contributed by atoms with Gasteiger partial charge in [-0.1, -0.05) is 57.2 Å². The molecule has 2 heterocycles. The largest absolute Gasteiger partial charge is 0.496 e. The van der Waals surface area contributed by atoms with Crippen LogP contribution in [0.5, 0.6) is 5.75 Å². The molecule has 1 aliphatic carbocycles. The van der Waals surface area contributed by atoms with Crippen LogP contribution in [0.4, 0.5) is 5.95 Å². The van der Waals surface area contributed by atoms with Gasteiger partial charge in [-0.15, -0.1) is 5.10 Å². The Balaban J connectivity index is 1.68. The Morgan fingerprint density at radius 3 is 2.59 bits per heavy atom. The van der Waals surface area contributed by atoms with Gasteiger partial charge in [-0.2, -0.15) is 4.98 Å². The third-order valence-electron chi connectivity index (χ3n) is 6.38. The van der Waals surface area contributed by atoms with Crippen LogP contribution in [-0.2, 0) is 11.2 Å². The molecule has 0 bridgehead atoms. The number of nitrogens with zero attached hydrogens (tertiary/aromatic N) is 3. The van der Waals surface area contributed by atoms with Crippen LogP contribution in [0.1, 0.15) is 50.8 Å². The molecule has 1 atom stereocenters. The molecule has 0 spiro atoms. The average Bonchev–Trinajstić information content (AvgIpc) is 3.20. The van der Waals surface area contributed by atoms with Crippen LogP contribution in [0.15, 0.2) is 59.8 Å². The Morgan fingerprint density at radius 2 is 1.88 bits per heavy atom. The van der Waals surface area contributed by atoms with E-state index < -0.39 is 0 Å². The number of hydrogen-bond donors (Lipinski definition) is 1. The zero-order chi connectivity index (χ0) is 22.5. The predicted octanol–water partition coefficient (Wildman–Crippen LogP) is 5.17. The van der Waals surface area contributed by atoms with Crippen molar-refractivity contribution in [3.05, 3.63) is 70.9 Å². The summed E-state index contributed by atoms with van der Waals surface area (Å²) in [7, 11) is 1.65. The molecular formula is C26H28N4O2. The fraction of sp³-hybridized carbons (Fsp3) is 0.346. The number of ketones is 1. The maximum atomic E-state index is 13.4. The van der Waals surface area contributed by atoms with Gasteiger partial charge in [-0.3, -0.25) is 4.79 Å². The Kier molecular flexibility index (Phi) is 4.88. The Labute approximate surface area is 188 Å². The first kappa shape index (κ1) is 20.5. The Morgan fingerprint density at radius 1 is 1.12 bits per heavy atom. The Hall–Kier alpha value is -3.41. The first-order chi connectivity index (χ1) is 15.4. The van der Waals surface area contributed by atoms with Gasteiger partial charge in [0.2, 0.25) is 5.95 Å². The molecule has 2 aromatic carbocycles. The van der Waals surface area contributed by atoms with Crippen LogP contribution >= 0.6 is 0 Å². The number of Topliss-reactive ketones (excluding diaryl/α,β-unsaturated/α-hetero) is 1. The number of aryl methyl sites for hydroxylation is 1. The molecule has 2 aliphatic rings. The molecule has 1 aromatic heterocycles. The average molecular weight is 429 g/mol.